The number of esters is 1. The number of carbonyl (C=O) groups excluding carboxylic acids is 2. The van der Waals surface area contributed by atoms with E-state index in [9.17, 15) is 9.59 Å². The first-order chi connectivity index (χ1) is 12.5. The summed E-state index contributed by atoms with van der Waals surface area (Å²) >= 11 is 5.87. The molecule has 0 aliphatic carbocycles. The van der Waals surface area contributed by atoms with Gasteiger partial charge in [0.1, 0.15) is 6.33 Å². The van der Waals surface area contributed by atoms with E-state index in [-0.39, 0.29) is 0 Å². The maximum absolute atomic E-state index is 12.0. The Morgan fingerprint density at radius 2 is 1.96 bits per heavy atom. The van der Waals surface area contributed by atoms with E-state index >= 15 is 0 Å². The fourth-order valence-corrected chi connectivity index (χ4v) is 2.42. The number of tetrazole rings is 1. The van der Waals surface area contributed by atoms with Gasteiger partial charge in [0, 0.05) is 10.7 Å². The SMILES string of the molecule is Cc1cc(Cl)ccc1NC(=O)COC(=O)c1ccc(-n2cnnn2)cc1. The van der Waals surface area contributed by atoms with E-state index in [1.54, 1.807) is 42.5 Å². The predicted molar refractivity (Wildman–Crippen MR) is 94.3 cm³/mol. The number of ether oxygens (including phenoxy) is 1. The number of aryl methyl sites for hydroxylation is 1. The Labute approximate surface area is 153 Å². The monoisotopic (exact) mass is 371 g/mol. The van der Waals surface area contributed by atoms with E-state index in [1.165, 1.54) is 11.0 Å². The Morgan fingerprint density at radius 3 is 2.62 bits per heavy atom. The topological polar surface area (TPSA) is 99.0 Å². The van der Waals surface area contributed by atoms with E-state index in [2.05, 4.69) is 20.8 Å². The maximum Gasteiger partial charge on any atom is 0.338 e. The first-order valence-electron chi connectivity index (χ1n) is 7.59. The van der Waals surface area contributed by atoms with Crippen molar-refractivity contribution < 1.29 is 14.3 Å². The van der Waals surface area contributed by atoms with Crippen molar-refractivity contribution in [2.75, 3.05) is 11.9 Å². The van der Waals surface area contributed by atoms with Crippen LogP contribution in [0.5, 0.6) is 0 Å². The molecule has 3 aromatic rings. The van der Waals surface area contributed by atoms with Crippen LogP contribution < -0.4 is 5.32 Å². The van der Waals surface area contributed by atoms with Crippen LogP contribution in [-0.2, 0) is 9.53 Å². The highest BCUT2D eigenvalue weighted by Gasteiger charge is 2.11. The van der Waals surface area contributed by atoms with Gasteiger partial charge in [0.15, 0.2) is 6.61 Å². The summed E-state index contributed by atoms with van der Waals surface area (Å²) in [6.45, 7) is 1.43. The smallest absolute Gasteiger partial charge is 0.338 e. The third-order valence-electron chi connectivity index (χ3n) is 3.51. The third kappa shape index (κ3) is 4.22. The predicted octanol–water partition coefficient (Wildman–Crippen LogP) is 2.42. The number of benzene rings is 2. The quantitative estimate of drug-likeness (QED) is 0.691. The Bertz CT molecular complexity index is 926. The van der Waals surface area contributed by atoms with E-state index in [0.29, 0.717) is 22.0 Å². The molecule has 1 aromatic heterocycles. The zero-order valence-corrected chi connectivity index (χ0v) is 14.5. The number of amides is 1. The molecule has 2 aromatic carbocycles. The van der Waals surface area contributed by atoms with Crippen molar-refractivity contribution in [2.45, 2.75) is 6.92 Å². The molecule has 1 N–H and O–H groups in total. The number of rotatable bonds is 5. The fourth-order valence-electron chi connectivity index (χ4n) is 2.20. The van der Waals surface area contributed by atoms with Crippen LogP contribution >= 0.6 is 11.6 Å². The average Bonchev–Trinajstić information content (AvgIpc) is 3.17. The first kappa shape index (κ1) is 17.6. The number of aromatic nitrogens is 4. The number of nitrogens with zero attached hydrogens (tertiary/aromatic N) is 4. The largest absolute Gasteiger partial charge is 0.452 e. The molecular formula is C17H14ClN5O3. The van der Waals surface area contributed by atoms with Crippen molar-refractivity contribution in [3.05, 3.63) is 64.9 Å². The van der Waals surface area contributed by atoms with E-state index in [0.717, 1.165) is 5.56 Å². The second-order valence-electron chi connectivity index (χ2n) is 5.38. The van der Waals surface area contributed by atoms with Crippen LogP contribution in [-0.4, -0.2) is 38.7 Å². The summed E-state index contributed by atoms with van der Waals surface area (Å²) in [5, 5.41) is 14.1. The molecule has 0 saturated heterocycles. The van der Waals surface area contributed by atoms with Gasteiger partial charge in [-0.05, 0) is 65.4 Å². The van der Waals surface area contributed by atoms with Crippen molar-refractivity contribution >= 4 is 29.2 Å². The summed E-state index contributed by atoms with van der Waals surface area (Å²) in [5.41, 5.74) is 2.44. The van der Waals surface area contributed by atoms with Gasteiger partial charge in [0.05, 0.1) is 11.3 Å². The van der Waals surface area contributed by atoms with Crippen molar-refractivity contribution in [3.8, 4) is 5.69 Å². The van der Waals surface area contributed by atoms with E-state index in [1.807, 2.05) is 6.92 Å². The number of anilines is 1. The lowest BCUT2D eigenvalue weighted by Gasteiger charge is -2.09. The lowest BCUT2D eigenvalue weighted by Crippen LogP contribution is -2.21. The summed E-state index contributed by atoms with van der Waals surface area (Å²) in [6.07, 6.45) is 1.44. The van der Waals surface area contributed by atoms with Crippen molar-refractivity contribution in [3.63, 3.8) is 0 Å². The highest BCUT2D eigenvalue weighted by atomic mass is 35.5. The number of nitrogens with one attached hydrogen (secondary N) is 1. The highest BCUT2D eigenvalue weighted by Crippen LogP contribution is 2.19. The molecule has 0 unspecified atom stereocenters. The Balaban J connectivity index is 1.55. The minimum atomic E-state index is -0.601. The van der Waals surface area contributed by atoms with Crippen LogP contribution in [0.3, 0.4) is 0 Å². The minimum Gasteiger partial charge on any atom is -0.452 e. The number of hydrogen-bond acceptors (Lipinski definition) is 6. The summed E-state index contributed by atoms with van der Waals surface area (Å²) in [7, 11) is 0. The number of hydrogen-bond donors (Lipinski definition) is 1. The molecule has 0 spiro atoms. The van der Waals surface area contributed by atoms with Crippen LogP contribution in [0.1, 0.15) is 15.9 Å². The van der Waals surface area contributed by atoms with Gasteiger partial charge in [-0.3, -0.25) is 4.79 Å². The van der Waals surface area contributed by atoms with Crippen molar-refractivity contribution in [2.24, 2.45) is 0 Å². The van der Waals surface area contributed by atoms with Crippen LogP contribution in [0.4, 0.5) is 5.69 Å². The second-order valence-corrected chi connectivity index (χ2v) is 5.82. The molecular weight excluding hydrogens is 358 g/mol. The number of halogens is 1. The fraction of sp³-hybridized carbons (Fsp3) is 0.118. The second kappa shape index (κ2) is 7.75. The van der Waals surface area contributed by atoms with Gasteiger partial charge >= 0.3 is 5.97 Å². The molecule has 0 fully saturated rings. The van der Waals surface area contributed by atoms with E-state index < -0.39 is 18.5 Å². The Hall–Kier alpha value is -3.26. The van der Waals surface area contributed by atoms with Gasteiger partial charge in [-0.1, -0.05) is 11.6 Å². The Morgan fingerprint density at radius 1 is 1.19 bits per heavy atom. The summed E-state index contributed by atoms with van der Waals surface area (Å²) < 4.78 is 6.49. The van der Waals surface area contributed by atoms with Gasteiger partial charge in [-0.25, -0.2) is 9.48 Å². The zero-order valence-electron chi connectivity index (χ0n) is 13.7. The molecule has 8 nitrogen and oxygen atoms in total. The molecule has 0 radical (unpaired) electrons. The lowest BCUT2D eigenvalue weighted by molar-refractivity contribution is -0.119. The van der Waals surface area contributed by atoms with Crippen molar-refractivity contribution in [1.29, 1.82) is 0 Å². The van der Waals surface area contributed by atoms with E-state index in [4.69, 9.17) is 16.3 Å². The molecule has 0 aliphatic heterocycles. The van der Waals surface area contributed by atoms with Crippen LogP contribution in [0.2, 0.25) is 5.02 Å². The molecule has 0 saturated carbocycles. The van der Waals surface area contributed by atoms with Crippen LogP contribution in [0, 0.1) is 6.92 Å². The van der Waals surface area contributed by atoms with Crippen LogP contribution in [0.25, 0.3) is 5.69 Å². The van der Waals surface area contributed by atoms with Crippen molar-refractivity contribution in [1.82, 2.24) is 20.2 Å². The normalized spacial score (nSPS) is 10.4. The van der Waals surface area contributed by atoms with Gasteiger partial charge in [0.25, 0.3) is 5.91 Å². The maximum atomic E-state index is 12.0. The zero-order chi connectivity index (χ0) is 18.5. The summed E-state index contributed by atoms with van der Waals surface area (Å²) in [4.78, 5) is 24.0. The molecule has 1 amide bonds. The molecule has 9 heteroatoms. The first-order valence-corrected chi connectivity index (χ1v) is 7.97. The molecule has 26 heavy (non-hydrogen) atoms. The van der Waals surface area contributed by atoms with Gasteiger partial charge in [0.2, 0.25) is 0 Å². The average molecular weight is 372 g/mol. The standard InChI is InChI=1S/C17H14ClN5O3/c1-11-8-13(18)4-7-15(11)20-16(24)9-26-17(25)12-2-5-14(6-3-12)23-10-19-21-22-23/h2-8,10H,9H2,1H3,(H,20,24). The van der Waals surface area contributed by atoms with Gasteiger partial charge in [-0.2, -0.15) is 0 Å². The number of carbonyl (C=O) groups is 2. The Kier molecular flexibility index (Phi) is 5.23. The molecule has 0 aliphatic rings. The molecule has 1 heterocycles. The lowest BCUT2D eigenvalue weighted by atomic mass is 10.2. The highest BCUT2D eigenvalue weighted by molar-refractivity contribution is 6.30. The summed E-state index contributed by atoms with van der Waals surface area (Å²) in [6, 6.07) is 11.6. The van der Waals surface area contributed by atoms with Gasteiger partial charge in [-0.15, -0.1) is 5.10 Å². The molecule has 3 rings (SSSR count). The third-order valence-corrected chi connectivity index (χ3v) is 3.75. The summed E-state index contributed by atoms with van der Waals surface area (Å²) in [5.74, 6) is -1.04. The molecule has 0 bridgehead atoms. The van der Waals surface area contributed by atoms with Crippen LogP contribution in [0.15, 0.2) is 48.8 Å². The molecule has 0 atom stereocenters. The molecule has 132 valence electrons. The minimum absolute atomic E-state index is 0.317. The van der Waals surface area contributed by atoms with Gasteiger partial charge < -0.3 is 10.1 Å².